The molecule has 5 nitrogen and oxygen atoms in total. The highest BCUT2D eigenvalue weighted by Gasteiger charge is 2.44. The molecule has 0 saturated carbocycles. The third kappa shape index (κ3) is 3.80. The second kappa shape index (κ2) is 6.75. The minimum atomic E-state index is -4.84. The lowest BCUT2D eigenvalue weighted by Crippen LogP contribution is -2.26. The summed E-state index contributed by atoms with van der Waals surface area (Å²) in [6.07, 6.45) is -7.25. The smallest absolute Gasteiger partial charge is 0.406 e. The molecule has 2 heterocycles. The van der Waals surface area contributed by atoms with Crippen molar-refractivity contribution in [3.05, 3.63) is 70.6 Å². The normalized spacial score (nSPS) is 14.6. The summed E-state index contributed by atoms with van der Waals surface area (Å²) in [5, 5.41) is 0. The van der Waals surface area contributed by atoms with Crippen molar-refractivity contribution >= 4 is 0 Å². The number of nitrogens with zero attached hydrogens (tertiary/aromatic N) is 1. The quantitative estimate of drug-likeness (QED) is 0.553. The van der Waals surface area contributed by atoms with Crippen molar-refractivity contribution in [1.82, 2.24) is 4.57 Å². The van der Waals surface area contributed by atoms with Gasteiger partial charge in [0.05, 0.1) is 0 Å². The first-order valence-electron chi connectivity index (χ1n) is 8.51. The van der Waals surface area contributed by atoms with Crippen molar-refractivity contribution in [3.63, 3.8) is 0 Å². The molecule has 3 aromatic rings. The van der Waals surface area contributed by atoms with Gasteiger partial charge in [-0.25, -0.2) is 0 Å². The third-order valence-electron chi connectivity index (χ3n) is 4.33. The van der Waals surface area contributed by atoms with Crippen molar-refractivity contribution in [3.8, 4) is 34.1 Å². The number of ether oxygens (including phenoxy) is 3. The molecule has 0 unspecified atom stereocenters. The standard InChI is InChI=1S/C20H12F5NO4/c1-11-9-17(27)26(12-5-7-13(8-6-12)28-19(21,22)23)10-15(11)14-3-2-4-16-18(14)30-20(24,25)29-16/h2-10H,1H3. The number of aromatic nitrogens is 1. The highest BCUT2D eigenvalue weighted by molar-refractivity contribution is 5.76. The lowest BCUT2D eigenvalue weighted by Gasteiger charge is -2.14. The predicted molar refractivity (Wildman–Crippen MR) is 95.1 cm³/mol. The number of hydrogen-bond donors (Lipinski definition) is 0. The molecule has 2 aromatic carbocycles. The summed E-state index contributed by atoms with van der Waals surface area (Å²) in [6.45, 7) is 1.62. The Bertz CT molecular complexity index is 1170. The van der Waals surface area contributed by atoms with Gasteiger partial charge in [0.1, 0.15) is 5.75 Å². The molecule has 30 heavy (non-hydrogen) atoms. The molecule has 0 bridgehead atoms. The summed E-state index contributed by atoms with van der Waals surface area (Å²) in [5.74, 6) is -0.770. The minimum Gasteiger partial charge on any atom is -0.406 e. The molecule has 1 aromatic heterocycles. The van der Waals surface area contributed by atoms with Gasteiger partial charge in [-0.3, -0.25) is 9.36 Å². The van der Waals surface area contributed by atoms with Crippen LogP contribution in [0.25, 0.3) is 16.8 Å². The lowest BCUT2D eigenvalue weighted by atomic mass is 10.0. The maximum Gasteiger partial charge on any atom is 0.586 e. The average molecular weight is 425 g/mol. The van der Waals surface area contributed by atoms with Crippen LogP contribution >= 0.6 is 0 Å². The van der Waals surface area contributed by atoms with Gasteiger partial charge in [-0.2, -0.15) is 0 Å². The number of pyridine rings is 1. The van der Waals surface area contributed by atoms with E-state index in [0.29, 0.717) is 11.1 Å². The Kier molecular flexibility index (Phi) is 4.44. The lowest BCUT2D eigenvalue weighted by molar-refractivity contribution is -0.286. The van der Waals surface area contributed by atoms with Crippen LogP contribution in [0, 0.1) is 6.92 Å². The Labute approximate surface area is 165 Å². The van der Waals surface area contributed by atoms with E-state index in [1.54, 1.807) is 6.92 Å². The molecule has 1 aliphatic heterocycles. The van der Waals surface area contributed by atoms with Crippen LogP contribution in [0.5, 0.6) is 17.2 Å². The van der Waals surface area contributed by atoms with E-state index in [1.807, 2.05) is 0 Å². The second-order valence-corrected chi connectivity index (χ2v) is 6.42. The monoisotopic (exact) mass is 425 g/mol. The number of para-hydroxylation sites is 1. The average Bonchev–Trinajstić information content (AvgIpc) is 2.95. The topological polar surface area (TPSA) is 49.7 Å². The largest absolute Gasteiger partial charge is 0.586 e. The molecule has 1 aliphatic rings. The summed E-state index contributed by atoms with van der Waals surface area (Å²) in [5.41, 5.74) is 0.957. The number of alkyl halides is 5. The fraction of sp³-hybridized carbons (Fsp3) is 0.150. The molecular weight excluding hydrogens is 413 g/mol. The molecule has 156 valence electrons. The van der Waals surface area contributed by atoms with Gasteiger partial charge < -0.3 is 14.2 Å². The van der Waals surface area contributed by atoms with E-state index in [2.05, 4.69) is 14.2 Å². The van der Waals surface area contributed by atoms with E-state index in [1.165, 1.54) is 47.2 Å². The van der Waals surface area contributed by atoms with E-state index in [9.17, 15) is 26.7 Å². The number of aryl methyl sites for hydroxylation is 1. The zero-order chi connectivity index (χ0) is 21.7. The highest BCUT2D eigenvalue weighted by Crippen LogP contribution is 2.47. The van der Waals surface area contributed by atoms with E-state index >= 15 is 0 Å². The van der Waals surface area contributed by atoms with Crippen molar-refractivity contribution in [2.45, 2.75) is 19.6 Å². The Morgan fingerprint density at radius 3 is 2.37 bits per heavy atom. The molecule has 4 rings (SSSR count). The minimum absolute atomic E-state index is 0.150. The highest BCUT2D eigenvalue weighted by atomic mass is 19.4. The second-order valence-electron chi connectivity index (χ2n) is 6.42. The van der Waals surface area contributed by atoms with Gasteiger partial charge >= 0.3 is 12.7 Å². The zero-order valence-corrected chi connectivity index (χ0v) is 15.2. The maximum absolute atomic E-state index is 13.5. The molecule has 0 atom stereocenters. The Hall–Kier alpha value is -3.56. The molecule has 0 fully saturated rings. The third-order valence-corrected chi connectivity index (χ3v) is 4.33. The van der Waals surface area contributed by atoms with Crippen LogP contribution in [-0.2, 0) is 0 Å². The molecule has 10 heteroatoms. The first-order valence-corrected chi connectivity index (χ1v) is 8.51. The molecule has 0 N–H and O–H groups in total. The molecule has 0 saturated heterocycles. The van der Waals surface area contributed by atoms with Gasteiger partial charge in [0, 0.05) is 29.1 Å². The molecule has 0 radical (unpaired) electrons. The van der Waals surface area contributed by atoms with Crippen molar-refractivity contribution in [2.24, 2.45) is 0 Å². The Morgan fingerprint density at radius 1 is 1.00 bits per heavy atom. The fourth-order valence-electron chi connectivity index (χ4n) is 3.10. The van der Waals surface area contributed by atoms with Crippen molar-refractivity contribution in [1.29, 1.82) is 0 Å². The van der Waals surface area contributed by atoms with Crippen LogP contribution in [0.3, 0.4) is 0 Å². The van der Waals surface area contributed by atoms with Crippen LogP contribution < -0.4 is 19.8 Å². The number of halogens is 5. The van der Waals surface area contributed by atoms with Gasteiger partial charge in [-0.05, 0) is 42.8 Å². The van der Waals surface area contributed by atoms with Crippen LogP contribution in [0.15, 0.2) is 59.5 Å². The number of rotatable bonds is 3. The van der Waals surface area contributed by atoms with Gasteiger partial charge in [0.25, 0.3) is 5.56 Å². The first-order chi connectivity index (χ1) is 14.0. The summed E-state index contributed by atoms with van der Waals surface area (Å²) in [6, 6.07) is 10.3. The molecule has 0 spiro atoms. The van der Waals surface area contributed by atoms with Gasteiger partial charge in [0.2, 0.25) is 0 Å². The van der Waals surface area contributed by atoms with Gasteiger partial charge in [0.15, 0.2) is 11.5 Å². The first kappa shape index (κ1) is 19.7. The fourth-order valence-corrected chi connectivity index (χ4v) is 3.10. The maximum atomic E-state index is 13.5. The van der Waals surface area contributed by atoms with E-state index in [4.69, 9.17) is 0 Å². The summed E-state index contributed by atoms with van der Waals surface area (Å²) in [4.78, 5) is 12.5. The van der Waals surface area contributed by atoms with E-state index < -0.39 is 24.0 Å². The number of hydrogen-bond acceptors (Lipinski definition) is 4. The van der Waals surface area contributed by atoms with E-state index in [-0.39, 0.29) is 22.7 Å². The summed E-state index contributed by atoms with van der Waals surface area (Å²) < 4.78 is 78.0. The Morgan fingerprint density at radius 2 is 1.70 bits per heavy atom. The summed E-state index contributed by atoms with van der Waals surface area (Å²) in [7, 11) is 0. The van der Waals surface area contributed by atoms with Crippen LogP contribution in [0.4, 0.5) is 22.0 Å². The van der Waals surface area contributed by atoms with Gasteiger partial charge in [-0.15, -0.1) is 22.0 Å². The van der Waals surface area contributed by atoms with Crippen molar-refractivity contribution in [2.75, 3.05) is 0 Å². The van der Waals surface area contributed by atoms with Gasteiger partial charge in [-0.1, -0.05) is 12.1 Å². The molecule has 0 aliphatic carbocycles. The van der Waals surface area contributed by atoms with Crippen molar-refractivity contribution < 1.29 is 36.2 Å². The summed E-state index contributed by atoms with van der Waals surface area (Å²) >= 11 is 0. The van der Waals surface area contributed by atoms with Crippen LogP contribution in [0.1, 0.15) is 5.56 Å². The SMILES string of the molecule is Cc1cc(=O)n(-c2ccc(OC(F)(F)F)cc2)cc1-c1cccc2c1OC(F)(F)O2. The van der Waals surface area contributed by atoms with Crippen LogP contribution in [0.2, 0.25) is 0 Å². The Balaban J connectivity index is 1.77. The zero-order valence-electron chi connectivity index (χ0n) is 15.2. The number of fused-ring (bicyclic) bond motifs is 1. The number of benzene rings is 2. The predicted octanol–water partition coefficient (Wildman–Crippen LogP) is 5.03. The molecule has 0 amide bonds. The molecular formula is C20H12F5NO4. The van der Waals surface area contributed by atoms with E-state index in [0.717, 1.165) is 12.1 Å². The van der Waals surface area contributed by atoms with Crippen LogP contribution in [-0.4, -0.2) is 17.2 Å².